The van der Waals surface area contributed by atoms with Gasteiger partial charge in [0.2, 0.25) is 0 Å². The number of carbonyl (C=O) groups excluding carboxylic acids is 1. The smallest absolute Gasteiger partial charge is 0.274 e. The van der Waals surface area contributed by atoms with Crippen molar-refractivity contribution in [1.29, 1.82) is 0 Å². The Hall–Kier alpha value is -1.36. The molecule has 5 nitrogen and oxygen atoms in total. The number of rotatable bonds is 4. The van der Waals surface area contributed by atoms with Crippen molar-refractivity contribution in [2.24, 2.45) is 0 Å². The average molecular weight is 267 g/mol. The molecule has 1 aromatic rings. The summed E-state index contributed by atoms with van der Waals surface area (Å²) >= 11 is 0. The highest BCUT2D eigenvalue weighted by Gasteiger charge is 2.24. The van der Waals surface area contributed by atoms with Crippen molar-refractivity contribution in [2.45, 2.75) is 46.1 Å². The highest BCUT2D eigenvalue weighted by Crippen LogP contribution is 2.23. The summed E-state index contributed by atoms with van der Waals surface area (Å²) in [6.07, 6.45) is 0. The quantitative estimate of drug-likeness (QED) is 0.905. The lowest BCUT2D eigenvalue weighted by molar-refractivity contribution is 0.0759. The van der Waals surface area contributed by atoms with E-state index in [1.807, 2.05) is 10.7 Å². The maximum absolute atomic E-state index is 12.2. The van der Waals surface area contributed by atoms with Gasteiger partial charge in [0.25, 0.3) is 5.91 Å². The first kappa shape index (κ1) is 15.7. The first-order chi connectivity index (χ1) is 8.68. The number of aliphatic hydroxyl groups excluding tert-OH is 1. The number of carbonyl (C=O) groups is 1. The lowest BCUT2D eigenvalue weighted by Gasteiger charge is -2.23. The van der Waals surface area contributed by atoms with Crippen molar-refractivity contribution in [1.82, 2.24) is 14.7 Å². The SMILES string of the molecule is CC(C)c1cc(C(=O)N(C)CCO)nn1C(C)(C)C. The summed E-state index contributed by atoms with van der Waals surface area (Å²) in [5.74, 6) is 0.148. The summed E-state index contributed by atoms with van der Waals surface area (Å²) in [5, 5.41) is 13.3. The summed E-state index contributed by atoms with van der Waals surface area (Å²) in [5.41, 5.74) is 1.33. The molecule has 1 rings (SSSR count). The van der Waals surface area contributed by atoms with Crippen molar-refractivity contribution in [2.75, 3.05) is 20.2 Å². The number of aromatic nitrogens is 2. The molecule has 0 spiro atoms. The van der Waals surface area contributed by atoms with Crippen LogP contribution in [0.25, 0.3) is 0 Å². The van der Waals surface area contributed by atoms with E-state index < -0.39 is 0 Å². The first-order valence-corrected chi connectivity index (χ1v) is 6.65. The van der Waals surface area contributed by atoms with Crippen LogP contribution in [-0.4, -0.2) is 45.9 Å². The highest BCUT2D eigenvalue weighted by atomic mass is 16.3. The number of hydrogen-bond acceptors (Lipinski definition) is 3. The van der Waals surface area contributed by atoms with Crippen molar-refractivity contribution >= 4 is 5.91 Å². The normalized spacial score (nSPS) is 12.0. The van der Waals surface area contributed by atoms with Crippen LogP contribution in [0.1, 0.15) is 56.7 Å². The predicted octanol–water partition coefficient (Wildman–Crippen LogP) is 1.83. The molecule has 0 bridgehead atoms. The van der Waals surface area contributed by atoms with E-state index >= 15 is 0 Å². The largest absolute Gasteiger partial charge is 0.395 e. The Morgan fingerprint density at radius 1 is 1.47 bits per heavy atom. The summed E-state index contributed by atoms with van der Waals surface area (Å²) < 4.78 is 1.91. The Labute approximate surface area is 115 Å². The molecule has 0 fully saturated rings. The molecule has 0 aliphatic rings. The third kappa shape index (κ3) is 3.56. The molecular weight excluding hydrogens is 242 g/mol. The molecule has 0 radical (unpaired) electrons. The third-order valence-electron chi connectivity index (χ3n) is 2.97. The zero-order valence-electron chi connectivity index (χ0n) is 12.8. The van der Waals surface area contributed by atoms with Crippen LogP contribution in [0.4, 0.5) is 0 Å². The molecule has 0 aromatic carbocycles. The fourth-order valence-corrected chi connectivity index (χ4v) is 1.90. The van der Waals surface area contributed by atoms with E-state index in [-0.39, 0.29) is 18.1 Å². The summed E-state index contributed by atoms with van der Waals surface area (Å²) in [6.45, 7) is 10.7. The van der Waals surface area contributed by atoms with Crippen LogP contribution in [-0.2, 0) is 5.54 Å². The van der Waals surface area contributed by atoms with Gasteiger partial charge in [0, 0.05) is 19.3 Å². The van der Waals surface area contributed by atoms with Gasteiger partial charge in [0.1, 0.15) is 0 Å². The van der Waals surface area contributed by atoms with Crippen molar-refractivity contribution in [3.8, 4) is 0 Å². The van der Waals surface area contributed by atoms with E-state index in [2.05, 4.69) is 39.7 Å². The lowest BCUT2D eigenvalue weighted by Crippen LogP contribution is -2.30. The Balaban J connectivity index is 3.15. The Bertz CT molecular complexity index is 444. The van der Waals surface area contributed by atoms with Gasteiger partial charge in [-0.1, -0.05) is 13.8 Å². The molecule has 1 aromatic heterocycles. The topological polar surface area (TPSA) is 58.4 Å². The van der Waals surface area contributed by atoms with Crippen LogP contribution in [0, 0.1) is 0 Å². The van der Waals surface area contributed by atoms with E-state index in [0.29, 0.717) is 18.2 Å². The molecule has 19 heavy (non-hydrogen) atoms. The second-order valence-corrected chi connectivity index (χ2v) is 6.14. The lowest BCUT2D eigenvalue weighted by atomic mass is 10.1. The second-order valence-electron chi connectivity index (χ2n) is 6.14. The summed E-state index contributed by atoms with van der Waals surface area (Å²) in [4.78, 5) is 13.7. The van der Waals surface area contributed by atoms with Gasteiger partial charge in [-0.2, -0.15) is 5.10 Å². The molecule has 0 unspecified atom stereocenters. The molecule has 1 heterocycles. The molecule has 108 valence electrons. The third-order valence-corrected chi connectivity index (χ3v) is 2.97. The highest BCUT2D eigenvalue weighted by molar-refractivity contribution is 5.92. The van der Waals surface area contributed by atoms with Crippen LogP contribution < -0.4 is 0 Å². The van der Waals surface area contributed by atoms with Crippen LogP contribution in [0.2, 0.25) is 0 Å². The summed E-state index contributed by atoms with van der Waals surface area (Å²) in [7, 11) is 1.67. The van der Waals surface area contributed by atoms with Gasteiger partial charge in [-0.25, -0.2) is 0 Å². The van der Waals surface area contributed by atoms with Crippen LogP contribution in [0.3, 0.4) is 0 Å². The number of likely N-dealkylation sites (N-methyl/N-ethyl adjacent to an activating group) is 1. The minimum absolute atomic E-state index is 0.0424. The van der Waals surface area contributed by atoms with Crippen LogP contribution >= 0.6 is 0 Å². The number of hydrogen-bond donors (Lipinski definition) is 1. The standard InChI is InChI=1S/C14H25N3O2/c1-10(2)12-9-11(13(19)16(6)7-8-18)15-17(12)14(3,4)5/h9-10,18H,7-8H2,1-6H3. The fourth-order valence-electron chi connectivity index (χ4n) is 1.90. The van der Waals surface area contributed by atoms with Gasteiger partial charge in [0.15, 0.2) is 5.69 Å². The molecule has 0 atom stereocenters. The van der Waals surface area contributed by atoms with E-state index in [4.69, 9.17) is 5.11 Å². The maximum atomic E-state index is 12.2. The first-order valence-electron chi connectivity index (χ1n) is 6.65. The molecule has 5 heteroatoms. The molecule has 0 aliphatic carbocycles. The molecule has 0 saturated heterocycles. The molecule has 1 amide bonds. The number of aliphatic hydroxyl groups is 1. The van der Waals surface area contributed by atoms with E-state index in [1.165, 1.54) is 4.90 Å². The zero-order valence-corrected chi connectivity index (χ0v) is 12.8. The van der Waals surface area contributed by atoms with Gasteiger partial charge in [-0.3, -0.25) is 9.48 Å². The minimum atomic E-state index is -0.159. The Morgan fingerprint density at radius 3 is 2.42 bits per heavy atom. The molecular formula is C14H25N3O2. The van der Waals surface area contributed by atoms with Gasteiger partial charge in [-0.05, 0) is 32.8 Å². The minimum Gasteiger partial charge on any atom is -0.395 e. The van der Waals surface area contributed by atoms with Gasteiger partial charge < -0.3 is 10.0 Å². The molecule has 0 saturated carbocycles. The molecule has 0 aliphatic heterocycles. The summed E-state index contributed by atoms with van der Waals surface area (Å²) in [6, 6.07) is 1.85. The van der Waals surface area contributed by atoms with E-state index in [1.54, 1.807) is 7.05 Å². The van der Waals surface area contributed by atoms with E-state index in [9.17, 15) is 4.79 Å². The van der Waals surface area contributed by atoms with E-state index in [0.717, 1.165) is 5.69 Å². The monoisotopic (exact) mass is 267 g/mol. The van der Waals surface area contributed by atoms with Crippen molar-refractivity contribution in [3.05, 3.63) is 17.5 Å². The van der Waals surface area contributed by atoms with Gasteiger partial charge in [-0.15, -0.1) is 0 Å². The Kier molecular flexibility index (Phi) is 4.74. The molecule has 1 N–H and O–H groups in total. The predicted molar refractivity (Wildman–Crippen MR) is 75.4 cm³/mol. The number of nitrogens with zero attached hydrogens (tertiary/aromatic N) is 3. The second kappa shape index (κ2) is 5.74. The average Bonchev–Trinajstić information content (AvgIpc) is 2.72. The van der Waals surface area contributed by atoms with Crippen LogP contribution in [0.5, 0.6) is 0 Å². The van der Waals surface area contributed by atoms with Crippen molar-refractivity contribution in [3.63, 3.8) is 0 Å². The van der Waals surface area contributed by atoms with Crippen molar-refractivity contribution < 1.29 is 9.90 Å². The fraction of sp³-hybridized carbons (Fsp3) is 0.714. The number of amides is 1. The maximum Gasteiger partial charge on any atom is 0.274 e. The van der Waals surface area contributed by atoms with Crippen LogP contribution in [0.15, 0.2) is 6.07 Å². The van der Waals surface area contributed by atoms with Gasteiger partial charge >= 0.3 is 0 Å². The Morgan fingerprint density at radius 2 is 2.05 bits per heavy atom. The zero-order chi connectivity index (χ0) is 14.8. The van der Waals surface area contributed by atoms with Gasteiger partial charge in [0.05, 0.1) is 12.1 Å².